The van der Waals surface area contributed by atoms with Crippen LogP contribution in [0.5, 0.6) is 0 Å². The number of benzene rings is 1. The summed E-state index contributed by atoms with van der Waals surface area (Å²) in [5.74, 6) is -0.458. The third kappa shape index (κ3) is 3.64. The van der Waals surface area contributed by atoms with E-state index < -0.39 is 11.8 Å². The summed E-state index contributed by atoms with van der Waals surface area (Å²) in [5.41, 5.74) is 2.35. The number of carbonyl (C=O) groups excluding carboxylic acids is 3. The summed E-state index contributed by atoms with van der Waals surface area (Å²) in [4.78, 5) is 44.1. The number of aromatic nitrogens is 1. The first-order valence-corrected chi connectivity index (χ1v) is 11.1. The van der Waals surface area contributed by atoms with Gasteiger partial charge in [-0.2, -0.15) is 0 Å². The molecule has 2 aromatic heterocycles. The van der Waals surface area contributed by atoms with Crippen molar-refractivity contribution in [3.63, 3.8) is 0 Å². The van der Waals surface area contributed by atoms with Crippen molar-refractivity contribution in [2.24, 2.45) is 0 Å². The van der Waals surface area contributed by atoms with Crippen LogP contribution in [0.4, 0.5) is 0 Å². The third-order valence-corrected chi connectivity index (χ3v) is 7.07. The highest BCUT2D eigenvalue weighted by Crippen LogP contribution is 2.29. The average Bonchev–Trinajstić information content (AvgIpc) is 3.50. The van der Waals surface area contributed by atoms with Crippen LogP contribution in [0, 0.1) is 0 Å². The first-order valence-electron chi connectivity index (χ1n) is 10.3. The zero-order chi connectivity index (χ0) is 21.3. The molecule has 30 heavy (non-hydrogen) atoms. The molecule has 6 nitrogen and oxygen atoms in total. The number of aromatic amines is 1. The Bertz CT molecular complexity index is 1100. The van der Waals surface area contributed by atoms with Gasteiger partial charge in [-0.25, -0.2) is 0 Å². The molecule has 3 aromatic rings. The number of hydrogen-bond donors (Lipinski definition) is 2. The number of Topliss-reactive ketones (excluding diaryl/α,β-unsaturated/α-hetero) is 1. The number of ketones is 2. The predicted molar refractivity (Wildman–Crippen MR) is 118 cm³/mol. The normalized spacial score (nSPS) is 19.4. The lowest BCUT2D eigenvalue weighted by atomic mass is 9.94. The van der Waals surface area contributed by atoms with Crippen LogP contribution in [0.1, 0.15) is 39.7 Å². The van der Waals surface area contributed by atoms with Crippen LogP contribution < -0.4 is 5.32 Å². The van der Waals surface area contributed by atoms with Crippen LogP contribution in [0.2, 0.25) is 0 Å². The molecule has 0 amide bonds. The Balaban J connectivity index is 1.74. The lowest BCUT2D eigenvalue weighted by Crippen LogP contribution is -2.44. The molecule has 0 radical (unpaired) electrons. The van der Waals surface area contributed by atoms with Gasteiger partial charge in [-0.05, 0) is 43.1 Å². The van der Waals surface area contributed by atoms with Crippen molar-refractivity contribution in [3.05, 3.63) is 57.4 Å². The molecule has 1 saturated heterocycles. The molecule has 156 valence electrons. The third-order valence-electron chi connectivity index (χ3n) is 5.84. The Morgan fingerprint density at radius 3 is 2.70 bits per heavy atom. The number of thiophene rings is 1. The van der Waals surface area contributed by atoms with E-state index in [1.54, 1.807) is 0 Å². The lowest BCUT2D eigenvalue weighted by molar-refractivity contribution is -0.133. The number of carbonyl (C=O) groups is 3. The number of nitrogens with one attached hydrogen (secondary N) is 2. The number of H-pyrrole nitrogens is 1. The summed E-state index contributed by atoms with van der Waals surface area (Å²) in [6, 6.07) is 11.0. The zero-order valence-corrected chi connectivity index (χ0v) is 17.9. The van der Waals surface area contributed by atoms with Crippen LogP contribution in [-0.4, -0.2) is 53.0 Å². The van der Waals surface area contributed by atoms with Crippen LogP contribution in [0.3, 0.4) is 0 Å². The molecule has 0 saturated carbocycles. The highest BCUT2D eigenvalue weighted by atomic mass is 32.1. The molecular weight excluding hydrogens is 398 g/mol. The van der Waals surface area contributed by atoms with Gasteiger partial charge < -0.3 is 4.98 Å². The van der Waals surface area contributed by atoms with Gasteiger partial charge in [0.2, 0.25) is 11.6 Å². The molecule has 2 unspecified atom stereocenters. The minimum Gasteiger partial charge on any atom is -0.352 e. The SMILES string of the molecule is CCc1ccc(C(=O)c2[nH]c3ccccc3c2CC2NCN(CC)C2C(=O)C=O)s1. The van der Waals surface area contributed by atoms with E-state index in [4.69, 9.17) is 0 Å². The predicted octanol–water partition coefficient (Wildman–Crippen LogP) is 2.95. The van der Waals surface area contributed by atoms with Gasteiger partial charge in [0.25, 0.3) is 0 Å². The van der Waals surface area contributed by atoms with Crippen LogP contribution in [0.25, 0.3) is 10.9 Å². The number of para-hydroxylation sites is 1. The topological polar surface area (TPSA) is 82.3 Å². The number of fused-ring (bicyclic) bond motifs is 1. The van der Waals surface area contributed by atoms with E-state index in [0.29, 0.717) is 36.5 Å². The molecule has 1 aliphatic heterocycles. The Morgan fingerprint density at radius 1 is 1.20 bits per heavy atom. The van der Waals surface area contributed by atoms with E-state index in [1.165, 1.54) is 16.2 Å². The van der Waals surface area contributed by atoms with E-state index in [-0.39, 0.29) is 11.8 Å². The fraction of sp³-hybridized carbons (Fsp3) is 0.348. The Morgan fingerprint density at radius 2 is 2.00 bits per heavy atom. The largest absolute Gasteiger partial charge is 0.352 e. The van der Waals surface area contributed by atoms with Crippen molar-refractivity contribution in [1.29, 1.82) is 0 Å². The van der Waals surface area contributed by atoms with Gasteiger partial charge in [-0.3, -0.25) is 24.6 Å². The standard InChI is InChI=1S/C23H25N3O3S/c1-3-14-9-10-20(30-14)23(29)21-16(15-7-5-6-8-17(15)25-21)11-18-22(19(28)12-27)26(4-2)13-24-18/h5-10,12,18,22,24-25H,3-4,11,13H2,1-2H3. The van der Waals surface area contributed by atoms with Crippen LogP contribution in [0.15, 0.2) is 36.4 Å². The maximum absolute atomic E-state index is 13.4. The molecule has 7 heteroatoms. The summed E-state index contributed by atoms with van der Waals surface area (Å²) in [7, 11) is 0. The second kappa shape index (κ2) is 8.63. The first kappa shape index (κ1) is 20.7. The Labute approximate surface area is 179 Å². The molecule has 0 bridgehead atoms. The first-order chi connectivity index (χ1) is 14.6. The van der Waals surface area contributed by atoms with Gasteiger partial charge in [-0.1, -0.05) is 32.0 Å². The maximum Gasteiger partial charge on any atom is 0.219 e. The number of aldehydes is 1. The molecular formula is C23H25N3O3S. The summed E-state index contributed by atoms with van der Waals surface area (Å²) in [5, 5.41) is 4.34. The molecule has 3 heterocycles. The second-order valence-electron chi connectivity index (χ2n) is 7.52. The van der Waals surface area contributed by atoms with Gasteiger partial charge in [0.15, 0.2) is 6.29 Å². The van der Waals surface area contributed by atoms with E-state index in [2.05, 4.69) is 17.2 Å². The van der Waals surface area contributed by atoms with E-state index in [1.807, 2.05) is 48.2 Å². The molecule has 1 fully saturated rings. The smallest absolute Gasteiger partial charge is 0.219 e. The molecule has 1 aromatic carbocycles. The summed E-state index contributed by atoms with van der Waals surface area (Å²) in [6.45, 7) is 5.26. The minimum atomic E-state index is -0.516. The maximum atomic E-state index is 13.4. The van der Waals surface area contributed by atoms with Crippen molar-refractivity contribution >= 4 is 40.1 Å². The van der Waals surface area contributed by atoms with E-state index >= 15 is 0 Å². The number of hydrogen-bond acceptors (Lipinski definition) is 6. The molecule has 0 aliphatic carbocycles. The van der Waals surface area contributed by atoms with Gasteiger partial charge in [0, 0.05) is 28.5 Å². The summed E-state index contributed by atoms with van der Waals surface area (Å²) < 4.78 is 0. The Hall–Kier alpha value is -2.61. The van der Waals surface area contributed by atoms with Gasteiger partial charge in [0.05, 0.1) is 16.6 Å². The van der Waals surface area contributed by atoms with Crippen molar-refractivity contribution in [2.45, 2.75) is 38.8 Å². The molecule has 2 N–H and O–H groups in total. The summed E-state index contributed by atoms with van der Waals surface area (Å²) >= 11 is 1.52. The van der Waals surface area contributed by atoms with Gasteiger partial charge >= 0.3 is 0 Å². The second-order valence-corrected chi connectivity index (χ2v) is 8.68. The molecule has 2 atom stereocenters. The van der Waals surface area contributed by atoms with Crippen molar-refractivity contribution in [3.8, 4) is 0 Å². The average molecular weight is 424 g/mol. The van der Waals surface area contributed by atoms with Crippen molar-refractivity contribution in [1.82, 2.24) is 15.2 Å². The van der Waals surface area contributed by atoms with Crippen molar-refractivity contribution < 1.29 is 14.4 Å². The summed E-state index contributed by atoms with van der Waals surface area (Å²) in [6.07, 6.45) is 1.79. The quantitative estimate of drug-likeness (QED) is 0.331. The molecule has 1 aliphatic rings. The number of aryl methyl sites for hydroxylation is 1. The molecule has 4 rings (SSSR count). The van der Waals surface area contributed by atoms with Gasteiger partial charge in [-0.15, -0.1) is 11.3 Å². The minimum absolute atomic E-state index is 0.0329. The van der Waals surface area contributed by atoms with Crippen LogP contribution in [-0.2, 0) is 22.4 Å². The highest BCUT2D eigenvalue weighted by Gasteiger charge is 2.39. The highest BCUT2D eigenvalue weighted by molar-refractivity contribution is 7.14. The number of nitrogens with zero attached hydrogens (tertiary/aromatic N) is 1. The fourth-order valence-corrected chi connectivity index (χ4v) is 5.17. The van der Waals surface area contributed by atoms with Gasteiger partial charge in [0.1, 0.15) is 0 Å². The van der Waals surface area contributed by atoms with Crippen LogP contribution >= 0.6 is 11.3 Å². The van der Waals surface area contributed by atoms with E-state index in [0.717, 1.165) is 22.9 Å². The Kier molecular flexibility index (Phi) is 5.94. The molecule has 0 spiro atoms. The lowest BCUT2D eigenvalue weighted by Gasteiger charge is -2.23. The number of likely N-dealkylation sites (N-methyl/N-ethyl adjacent to an activating group) is 1. The van der Waals surface area contributed by atoms with Crippen molar-refractivity contribution in [2.75, 3.05) is 13.2 Å². The van der Waals surface area contributed by atoms with E-state index in [9.17, 15) is 14.4 Å². The monoisotopic (exact) mass is 423 g/mol. The number of rotatable bonds is 8. The fourth-order valence-electron chi connectivity index (χ4n) is 4.28. The zero-order valence-electron chi connectivity index (χ0n) is 17.1.